The third-order valence-corrected chi connectivity index (χ3v) is 5.28. The lowest BCUT2D eigenvalue weighted by molar-refractivity contribution is 0.398. The number of aromatic nitrogens is 3. The second-order valence-corrected chi connectivity index (χ2v) is 7.47. The molecule has 0 bridgehead atoms. The second kappa shape index (κ2) is 8.71. The molecular formula is C22H24N4O3S. The summed E-state index contributed by atoms with van der Waals surface area (Å²) < 4.78 is 18.0. The van der Waals surface area contributed by atoms with Crippen LogP contribution in [-0.4, -0.2) is 41.1 Å². The summed E-state index contributed by atoms with van der Waals surface area (Å²) in [5, 5.41) is 7.99. The van der Waals surface area contributed by atoms with Crippen LogP contribution in [0.2, 0.25) is 0 Å². The topological polar surface area (TPSA) is 70.4 Å². The van der Waals surface area contributed by atoms with E-state index in [1.54, 1.807) is 21.3 Å². The summed E-state index contributed by atoms with van der Waals surface area (Å²) in [5.41, 5.74) is 1.75. The van der Waals surface area contributed by atoms with E-state index in [1.165, 1.54) is 0 Å². The maximum Gasteiger partial charge on any atom is 0.186 e. The number of benzene rings is 2. The zero-order valence-corrected chi connectivity index (χ0v) is 18.0. The molecule has 30 heavy (non-hydrogen) atoms. The third kappa shape index (κ3) is 4.23. The fraction of sp³-hybridized carbons (Fsp3) is 0.318. The van der Waals surface area contributed by atoms with Crippen LogP contribution in [0.15, 0.2) is 42.5 Å². The van der Waals surface area contributed by atoms with Gasteiger partial charge in [-0.2, -0.15) is 5.10 Å². The van der Waals surface area contributed by atoms with Crippen molar-refractivity contribution in [3.05, 3.63) is 59.7 Å². The molecule has 0 saturated heterocycles. The summed E-state index contributed by atoms with van der Waals surface area (Å²) in [7, 11) is 4.88. The number of hydrogen-bond donors (Lipinski definition) is 1. The van der Waals surface area contributed by atoms with Gasteiger partial charge in [-0.25, -0.2) is 9.67 Å². The number of anilines is 1. The minimum atomic E-state index is 0.421. The molecule has 0 unspecified atom stereocenters. The summed E-state index contributed by atoms with van der Waals surface area (Å²) in [6.07, 6.45) is 2.24. The molecular weight excluding hydrogens is 400 g/mol. The van der Waals surface area contributed by atoms with Crippen LogP contribution < -0.4 is 19.5 Å². The molecule has 0 amide bonds. The van der Waals surface area contributed by atoms with Crippen LogP contribution in [0.25, 0.3) is 0 Å². The minimum absolute atomic E-state index is 0.421. The monoisotopic (exact) mass is 424 g/mol. The number of methoxy groups -OCH3 is 3. The standard InChI is InChI=1S/C22H24N4O3S/c1-27-16-11-7-14(8-12-16)13-26-21(24-20(25-26)15-9-10-15)22(30)23-19-17(28-2)5-4-6-18(19)29-3/h4-8,11-12,15H,9-10,13H2,1-3H3,(H,23,30). The van der Waals surface area contributed by atoms with Crippen LogP contribution in [0.1, 0.15) is 36.0 Å². The summed E-state index contributed by atoms with van der Waals surface area (Å²) in [4.78, 5) is 5.21. The van der Waals surface area contributed by atoms with Gasteiger partial charge in [0.25, 0.3) is 0 Å². The van der Waals surface area contributed by atoms with Gasteiger partial charge in [0.2, 0.25) is 0 Å². The number of hydrogen-bond acceptors (Lipinski definition) is 6. The molecule has 1 fully saturated rings. The Balaban J connectivity index is 1.63. The van der Waals surface area contributed by atoms with E-state index in [0.29, 0.717) is 40.5 Å². The van der Waals surface area contributed by atoms with Gasteiger partial charge in [-0.15, -0.1) is 0 Å². The molecule has 0 radical (unpaired) electrons. The molecule has 1 saturated carbocycles. The molecule has 8 heteroatoms. The van der Waals surface area contributed by atoms with Crippen molar-refractivity contribution in [2.45, 2.75) is 25.3 Å². The number of nitrogens with zero attached hydrogens (tertiary/aromatic N) is 3. The predicted molar refractivity (Wildman–Crippen MR) is 119 cm³/mol. The summed E-state index contributed by atoms with van der Waals surface area (Å²) in [6.45, 7) is 0.559. The first-order valence-electron chi connectivity index (χ1n) is 9.73. The Labute approximate surface area is 181 Å². The van der Waals surface area contributed by atoms with Crippen LogP contribution >= 0.6 is 12.2 Å². The molecule has 4 rings (SSSR count). The number of para-hydroxylation sites is 1. The maximum absolute atomic E-state index is 5.72. The van der Waals surface area contributed by atoms with Crippen LogP contribution in [0.4, 0.5) is 5.69 Å². The zero-order valence-electron chi connectivity index (χ0n) is 17.2. The van der Waals surface area contributed by atoms with Gasteiger partial charge in [0.05, 0.1) is 27.9 Å². The highest BCUT2D eigenvalue weighted by molar-refractivity contribution is 7.81. The molecule has 1 aliphatic rings. The lowest BCUT2D eigenvalue weighted by atomic mass is 10.2. The van der Waals surface area contributed by atoms with Gasteiger partial charge in [-0.1, -0.05) is 30.4 Å². The molecule has 7 nitrogen and oxygen atoms in total. The Morgan fingerprint density at radius 2 is 1.70 bits per heavy atom. The number of rotatable bonds is 8. The predicted octanol–water partition coefficient (Wildman–Crippen LogP) is 4.02. The third-order valence-electron chi connectivity index (χ3n) is 4.99. The molecule has 1 heterocycles. The minimum Gasteiger partial charge on any atom is -0.497 e. The molecule has 3 aromatic rings. The van der Waals surface area contributed by atoms with Crippen LogP contribution in [0.3, 0.4) is 0 Å². The van der Waals surface area contributed by atoms with Crippen molar-refractivity contribution in [2.24, 2.45) is 0 Å². The maximum atomic E-state index is 5.72. The van der Waals surface area contributed by atoms with Gasteiger partial charge in [-0.05, 0) is 42.7 Å². The highest BCUT2D eigenvalue weighted by Gasteiger charge is 2.30. The van der Waals surface area contributed by atoms with E-state index in [2.05, 4.69) is 5.32 Å². The molecule has 2 aromatic carbocycles. The van der Waals surface area contributed by atoms with E-state index < -0.39 is 0 Å². The lowest BCUT2D eigenvalue weighted by Gasteiger charge is -2.15. The number of thiocarbonyl (C=S) groups is 1. The first-order valence-corrected chi connectivity index (χ1v) is 10.1. The van der Waals surface area contributed by atoms with Crippen molar-refractivity contribution in [3.63, 3.8) is 0 Å². The Morgan fingerprint density at radius 1 is 1.03 bits per heavy atom. The fourth-order valence-corrected chi connectivity index (χ4v) is 3.45. The van der Waals surface area contributed by atoms with Crippen molar-refractivity contribution in [1.29, 1.82) is 0 Å². The Hall–Kier alpha value is -3.13. The van der Waals surface area contributed by atoms with E-state index in [0.717, 1.165) is 30.0 Å². The molecule has 0 aliphatic heterocycles. The Bertz CT molecular complexity index is 1020. The summed E-state index contributed by atoms with van der Waals surface area (Å²) >= 11 is 5.72. The molecule has 0 spiro atoms. The summed E-state index contributed by atoms with van der Waals surface area (Å²) in [5.74, 6) is 3.98. The molecule has 1 N–H and O–H groups in total. The van der Waals surface area contributed by atoms with E-state index in [9.17, 15) is 0 Å². The average Bonchev–Trinajstić information content (AvgIpc) is 3.54. The molecule has 1 aliphatic carbocycles. The average molecular weight is 425 g/mol. The highest BCUT2D eigenvalue weighted by atomic mass is 32.1. The van der Waals surface area contributed by atoms with Crippen molar-refractivity contribution < 1.29 is 14.2 Å². The first-order chi connectivity index (χ1) is 14.6. The van der Waals surface area contributed by atoms with Crippen LogP contribution in [0.5, 0.6) is 17.2 Å². The van der Waals surface area contributed by atoms with Crippen molar-refractivity contribution in [3.8, 4) is 17.2 Å². The Morgan fingerprint density at radius 3 is 2.27 bits per heavy atom. The van der Waals surface area contributed by atoms with E-state index in [4.69, 9.17) is 36.5 Å². The number of ether oxygens (including phenoxy) is 3. The first kappa shape index (κ1) is 20.2. The fourth-order valence-electron chi connectivity index (χ4n) is 3.20. The quantitative estimate of drug-likeness (QED) is 0.548. The van der Waals surface area contributed by atoms with Crippen LogP contribution in [-0.2, 0) is 6.54 Å². The van der Waals surface area contributed by atoms with Gasteiger partial charge < -0.3 is 19.5 Å². The normalized spacial score (nSPS) is 13.0. The van der Waals surface area contributed by atoms with Gasteiger partial charge in [-0.3, -0.25) is 0 Å². The van der Waals surface area contributed by atoms with Crippen LogP contribution in [0, 0.1) is 0 Å². The van der Waals surface area contributed by atoms with Gasteiger partial charge in [0, 0.05) is 5.92 Å². The van der Waals surface area contributed by atoms with Crippen molar-refractivity contribution in [2.75, 3.05) is 26.6 Å². The Kier molecular flexibility index (Phi) is 5.85. The molecule has 156 valence electrons. The second-order valence-electron chi connectivity index (χ2n) is 7.07. The van der Waals surface area contributed by atoms with Crippen molar-refractivity contribution in [1.82, 2.24) is 14.8 Å². The summed E-state index contributed by atoms with van der Waals surface area (Å²) in [6, 6.07) is 13.5. The van der Waals surface area contributed by atoms with Gasteiger partial charge in [0.15, 0.2) is 11.6 Å². The van der Waals surface area contributed by atoms with Crippen molar-refractivity contribution >= 4 is 22.9 Å². The molecule has 0 atom stereocenters. The smallest absolute Gasteiger partial charge is 0.186 e. The zero-order chi connectivity index (χ0) is 21.1. The molecule has 1 aromatic heterocycles. The van der Waals surface area contributed by atoms with Gasteiger partial charge >= 0.3 is 0 Å². The van der Waals surface area contributed by atoms with Gasteiger partial charge in [0.1, 0.15) is 27.9 Å². The number of nitrogens with one attached hydrogen (secondary N) is 1. The largest absolute Gasteiger partial charge is 0.497 e. The lowest BCUT2D eigenvalue weighted by Crippen LogP contribution is -2.19. The van der Waals surface area contributed by atoms with E-state index >= 15 is 0 Å². The highest BCUT2D eigenvalue weighted by Crippen LogP contribution is 2.38. The SMILES string of the molecule is COc1ccc(Cn2nc(C3CC3)nc2C(=S)Nc2c(OC)cccc2OC)cc1. The van der Waals surface area contributed by atoms with E-state index in [-0.39, 0.29) is 0 Å². The van der Waals surface area contributed by atoms with E-state index in [1.807, 2.05) is 47.1 Å².